The van der Waals surface area contributed by atoms with Crippen molar-refractivity contribution in [3.05, 3.63) is 62.1 Å². The molecule has 0 aliphatic carbocycles. The largest absolute Gasteiger partial charge is 0.492 e. The van der Waals surface area contributed by atoms with Crippen LogP contribution in [-0.4, -0.2) is 12.4 Å². The molecule has 0 saturated heterocycles. The van der Waals surface area contributed by atoms with Gasteiger partial charge in [-0.05, 0) is 36.2 Å². The van der Waals surface area contributed by atoms with Crippen molar-refractivity contribution in [2.45, 2.75) is 13.3 Å². The summed E-state index contributed by atoms with van der Waals surface area (Å²) in [6, 6.07) is 9.19. The lowest BCUT2D eigenvalue weighted by atomic mass is 9.97. The number of hydrogen-bond acceptors (Lipinski definition) is 2. The van der Waals surface area contributed by atoms with E-state index in [2.05, 4.69) is 15.9 Å². The maximum atomic E-state index is 12.8. The first-order valence-corrected chi connectivity index (χ1v) is 7.50. The lowest BCUT2D eigenvalue weighted by Crippen LogP contribution is -2.06. The monoisotopic (exact) mass is 350 g/mol. The van der Waals surface area contributed by atoms with Gasteiger partial charge in [0.1, 0.15) is 5.75 Å². The number of carbonyl (C=O) groups excluding carboxylic acids is 1. The predicted molar refractivity (Wildman–Crippen MR) is 83.0 cm³/mol. The van der Waals surface area contributed by atoms with Crippen LogP contribution >= 0.6 is 27.5 Å². The third-order valence-electron chi connectivity index (χ3n) is 3.51. The van der Waals surface area contributed by atoms with E-state index < -0.39 is 0 Å². The van der Waals surface area contributed by atoms with E-state index in [4.69, 9.17) is 16.3 Å². The molecule has 0 amide bonds. The van der Waals surface area contributed by atoms with E-state index in [0.717, 1.165) is 22.0 Å². The van der Waals surface area contributed by atoms with Crippen molar-refractivity contribution in [1.29, 1.82) is 0 Å². The van der Waals surface area contributed by atoms with Crippen LogP contribution in [0.5, 0.6) is 5.75 Å². The fourth-order valence-corrected chi connectivity index (χ4v) is 3.12. The van der Waals surface area contributed by atoms with E-state index >= 15 is 0 Å². The van der Waals surface area contributed by atoms with Gasteiger partial charge in [0, 0.05) is 21.5 Å². The molecule has 20 heavy (non-hydrogen) atoms. The highest BCUT2D eigenvalue weighted by molar-refractivity contribution is 9.10. The third kappa shape index (κ3) is 2.25. The number of halogens is 2. The first kappa shape index (κ1) is 13.7. The Morgan fingerprint density at radius 3 is 2.90 bits per heavy atom. The Kier molecular flexibility index (Phi) is 3.57. The molecule has 1 heterocycles. The maximum Gasteiger partial charge on any atom is 0.197 e. The first-order valence-electron chi connectivity index (χ1n) is 6.33. The second-order valence-electron chi connectivity index (χ2n) is 4.78. The van der Waals surface area contributed by atoms with E-state index in [0.29, 0.717) is 28.5 Å². The van der Waals surface area contributed by atoms with E-state index in [1.165, 1.54) is 0 Å². The molecule has 2 aromatic carbocycles. The zero-order valence-electron chi connectivity index (χ0n) is 10.9. The molecule has 0 aromatic heterocycles. The highest BCUT2D eigenvalue weighted by Crippen LogP contribution is 2.35. The number of rotatable bonds is 2. The lowest BCUT2D eigenvalue weighted by molar-refractivity contribution is 0.103. The summed E-state index contributed by atoms with van der Waals surface area (Å²) in [7, 11) is 0. The molecule has 2 nitrogen and oxygen atoms in total. The van der Waals surface area contributed by atoms with Crippen LogP contribution < -0.4 is 4.74 Å². The van der Waals surface area contributed by atoms with Crippen molar-refractivity contribution in [2.75, 3.05) is 6.61 Å². The first-order chi connectivity index (χ1) is 9.58. The summed E-state index contributed by atoms with van der Waals surface area (Å²) in [6.45, 7) is 2.48. The van der Waals surface area contributed by atoms with E-state index in [1.54, 1.807) is 18.2 Å². The van der Waals surface area contributed by atoms with Crippen LogP contribution in [0.4, 0.5) is 0 Å². The number of carbonyl (C=O) groups is 1. The minimum atomic E-state index is -0.0514. The zero-order chi connectivity index (χ0) is 14.3. The molecule has 1 aliphatic rings. The summed E-state index contributed by atoms with van der Waals surface area (Å²) in [6.07, 6.45) is 0.837. The fourth-order valence-electron chi connectivity index (χ4n) is 2.44. The van der Waals surface area contributed by atoms with Crippen LogP contribution in [0.15, 0.2) is 34.8 Å². The van der Waals surface area contributed by atoms with Crippen LogP contribution in [0.1, 0.15) is 27.0 Å². The molecule has 0 radical (unpaired) electrons. The summed E-state index contributed by atoms with van der Waals surface area (Å²) in [5.41, 5.74) is 3.08. The topological polar surface area (TPSA) is 26.3 Å². The lowest BCUT2D eigenvalue weighted by Gasteiger charge is -2.10. The molecular formula is C16H12BrClO2. The van der Waals surface area contributed by atoms with Crippen LogP contribution in [0.3, 0.4) is 0 Å². The second-order valence-corrected chi connectivity index (χ2v) is 6.10. The molecule has 0 spiro atoms. The Hall–Kier alpha value is -1.32. The number of ether oxygens (including phenoxy) is 1. The molecule has 0 N–H and O–H groups in total. The van der Waals surface area contributed by atoms with Crippen molar-refractivity contribution in [1.82, 2.24) is 0 Å². The molecule has 0 unspecified atom stereocenters. The van der Waals surface area contributed by atoms with Crippen LogP contribution in [0.25, 0.3) is 0 Å². The highest BCUT2D eigenvalue weighted by Gasteiger charge is 2.23. The molecular weight excluding hydrogens is 340 g/mol. The van der Waals surface area contributed by atoms with Gasteiger partial charge < -0.3 is 4.74 Å². The molecule has 0 bridgehead atoms. The Morgan fingerprint density at radius 1 is 1.30 bits per heavy atom. The Balaban J connectivity index is 2.14. The maximum absolute atomic E-state index is 12.8. The quantitative estimate of drug-likeness (QED) is 0.741. The minimum absolute atomic E-state index is 0.0514. The molecule has 102 valence electrons. The van der Waals surface area contributed by atoms with Crippen molar-refractivity contribution in [3.63, 3.8) is 0 Å². The van der Waals surface area contributed by atoms with E-state index in [1.807, 2.05) is 19.1 Å². The van der Waals surface area contributed by atoms with E-state index in [9.17, 15) is 4.79 Å². The summed E-state index contributed by atoms with van der Waals surface area (Å²) in [5, 5.41) is 0.600. The average molecular weight is 352 g/mol. The van der Waals surface area contributed by atoms with Crippen LogP contribution in [0.2, 0.25) is 5.02 Å². The molecule has 0 saturated carbocycles. The predicted octanol–water partition coefficient (Wildman–Crippen LogP) is 4.58. The van der Waals surface area contributed by atoms with E-state index in [-0.39, 0.29) is 5.78 Å². The van der Waals surface area contributed by atoms with Gasteiger partial charge in [-0.25, -0.2) is 0 Å². The van der Waals surface area contributed by atoms with Gasteiger partial charge >= 0.3 is 0 Å². The summed E-state index contributed by atoms with van der Waals surface area (Å²) >= 11 is 9.56. The van der Waals surface area contributed by atoms with Crippen molar-refractivity contribution in [2.24, 2.45) is 0 Å². The highest BCUT2D eigenvalue weighted by atomic mass is 79.9. The Bertz CT molecular complexity index is 710. The molecule has 3 rings (SSSR count). The van der Waals surface area contributed by atoms with Crippen molar-refractivity contribution >= 4 is 33.3 Å². The van der Waals surface area contributed by atoms with Gasteiger partial charge in [-0.1, -0.05) is 39.7 Å². The van der Waals surface area contributed by atoms with Crippen molar-refractivity contribution < 1.29 is 9.53 Å². The Labute approximate surface area is 130 Å². The Morgan fingerprint density at radius 2 is 2.10 bits per heavy atom. The number of hydrogen-bond donors (Lipinski definition) is 0. The molecule has 4 heteroatoms. The molecule has 0 fully saturated rings. The van der Waals surface area contributed by atoms with Gasteiger partial charge in [-0.3, -0.25) is 4.79 Å². The normalized spacial score (nSPS) is 12.9. The SMILES string of the molecule is Cc1c(Cl)cccc1C(=O)c1cc(Br)cc2c1OCC2. The molecule has 0 atom stereocenters. The van der Waals surface area contributed by atoms with Crippen LogP contribution in [0, 0.1) is 6.92 Å². The summed E-state index contributed by atoms with van der Waals surface area (Å²) in [4.78, 5) is 12.8. The molecule has 1 aliphatic heterocycles. The van der Waals surface area contributed by atoms with Crippen LogP contribution in [-0.2, 0) is 6.42 Å². The van der Waals surface area contributed by atoms with Gasteiger partial charge in [0.2, 0.25) is 0 Å². The van der Waals surface area contributed by atoms with Gasteiger partial charge in [0.25, 0.3) is 0 Å². The standard InChI is InChI=1S/C16H12BrClO2/c1-9-12(3-2-4-14(9)18)15(19)13-8-11(17)7-10-5-6-20-16(10)13/h2-4,7-8H,5-6H2,1H3. The smallest absolute Gasteiger partial charge is 0.197 e. The van der Waals surface area contributed by atoms with Crippen molar-refractivity contribution in [3.8, 4) is 5.75 Å². The molecule has 2 aromatic rings. The third-order valence-corrected chi connectivity index (χ3v) is 4.37. The second kappa shape index (κ2) is 5.23. The van der Waals surface area contributed by atoms with Gasteiger partial charge in [-0.15, -0.1) is 0 Å². The number of fused-ring (bicyclic) bond motifs is 1. The summed E-state index contributed by atoms with van der Waals surface area (Å²) < 4.78 is 6.52. The summed E-state index contributed by atoms with van der Waals surface area (Å²) in [5.74, 6) is 0.655. The van der Waals surface area contributed by atoms with Gasteiger partial charge in [-0.2, -0.15) is 0 Å². The average Bonchev–Trinajstić information content (AvgIpc) is 2.88. The number of ketones is 1. The zero-order valence-corrected chi connectivity index (χ0v) is 13.2. The van der Waals surface area contributed by atoms with Gasteiger partial charge in [0.05, 0.1) is 12.2 Å². The fraction of sp³-hybridized carbons (Fsp3) is 0.188. The van der Waals surface area contributed by atoms with Gasteiger partial charge in [0.15, 0.2) is 5.78 Å². The minimum Gasteiger partial charge on any atom is -0.492 e. The number of benzene rings is 2.